The van der Waals surface area contributed by atoms with Crippen molar-refractivity contribution in [3.05, 3.63) is 90.0 Å². The normalized spacial score (nSPS) is 14.3. The quantitative estimate of drug-likeness (QED) is 0.296. The van der Waals surface area contributed by atoms with Crippen LogP contribution in [-0.2, 0) is 12.8 Å². The predicted octanol–water partition coefficient (Wildman–Crippen LogP) is 5.67. The molecule has 37 heavy (non-hydrogen) atoms. The molecule has 3 aromatic rings. The highest BCUT2D eigenvalue weighted by molar-refractivity contribution is 5.85. The first-order valence-corrected chi connectivity index (χ1v) is 12.8. The van der Waals surface area contributed by atoms with Gasteiger partial charge in [-0.1, -0.05) is 48.5 Å². The van der Waals surface area contributed by atoms with Gasteiger partial charge in [-0.15, -0.1) is 24.8 Å². The Morgan fingerprint density at radius 2 is 1.43 bits per heavy atom. The van der Waals surface area contributed by atoms with Gasteiger partial charge >= 0.3 is 0 Å². The van der Waals surface area contributed by atoms with E-state index in [1.54, 1.807) is 7.11 Å². The molecule has 3 aromatic carbocycles. The van der Waals surface area contributed by atoms with Crippen molar-refractivity contribution in [2.75, 3.05) is 51.3 Å². The van der Waals surface area contributed by atoms with Crippen LogP contribution in [0.5, 0.6) is 11.5 Å². The third kappa shape index (κ3) is 9.75. The molecule has 1 saturated heterocycles. The monoisotopic (exact) mass is 546 g/mol. The van der Waals surface area contributed by atoms with Crippen LogP contribution in [0.25, 0.3) is 0 Å². The minimum Gasteiger partial charge on any atom is -0.497 e. The number of aryl methyl sites for hydroxylation is 2. The lowest BCUT2D eigenvalue weighted by Gasteiger charge is -2.36. The number of aliphatic hydroxyl groups excluding tert-OH is 1. The maximum Gasteiger partial charge on any atom is 0.122 e. The molecule has 4 rings (SSSR count). The number of ether oxygens (including phenoxy) is 2. The molecule has 1 unspecified atom stereocenters. The summed E-state index contributed by atoms with van der Waals surface area (Å²) in [6.45, 7) is 4.84. The molecule has 0 saturated carbocycles. The summed E-state index contributed by atoms with van der Waals surface area (Å²) in [5.74, 6) is 1.79. The smallest absolute Gasteiger partial charge is 0.122 e. The number of anilines is 1. The molecule has 202 valence electrons. The molecule has 1 aliphatic heterocycles. The number of nitrogens with zero attached hydrogens (tertiary/aromatic N) is 2. The molecule has 0 amide bonds. The standard InChI is InChI=1S/C30H38N2O3.2ClH/c1-34-29-17-15-25(16-18-29)9-5-6-10-26-11-7-8-14-30(26)35-24-28(33)23-31-19-21-32(22-20-31)27-12-3-2-4-13-27;;/h2-4,7-8,11-18,28,33H,5-6,9-10,19-24H2,1H3;2*1H. The van der Waals surface area contributed by atoms with Crippen molar-refractivity contribution in [2.24, 2.45) is 0 Å². The van der Waals surface area contributed by atoms with Crippen molar-refractivity contribution in [1.82, 2.24) is 4.90 Å². The average molecular weight is 548 g/mol. The van der Waals surface area contributed by atoms with Gasteiger partial charge in [0.2, 0.25) is 0 Å². The van der Waals surface area contributed by atoms with E-state index >= 15 is 0 Å². The van der Waals surface area contributed by atoms with Gasteiger partial charge in [-0.2, -0.15) is 0 Å². The molecule has 5 nitrogen and oxygen atoms in total. The van der Waals surface area contributed by atoms with Gasteiger partial charge in [0.25, 0.3) is 0 Å². The molecular formula is C30H40Cl2N2O3. The topological polar surface area (TPSA) is 45.2 Å². The SMILES string of the molecule is COc1ccc(CCCCc2ccccc2OCC(O)CN2CCN(c3ccccc3)CC2)cc1.Cl.Cl. The summed E-state index contributed by atoms with van der Waals surface area (Å²) in [6.07, 6.45) is 3.76. The van der Waals surface area contributed by atoms with Crippen molar-refractivity contribution >= 4 is 30.5 Å². The summed E-state index contributed by atoms with van der Waals surface area (Å²) >= 11 is 0. The van der Waals surface area contributed by atoms with Crippen LogP contribution in [-0.4, -0.2) is 62.6 Å². The Morgan fingerprint density at radius 3 is 2.14 bits per heavy atom. The summed E-state index contributed by atoms with van der Waals surface area (Å²) in [5.41, 5.74) is 3.82. The van der Waals surface area contributed by atoms with E-state index in [4.69, 9.17) is 9.47 Å². The van der Waals surface area contributed by atoms with Crippen LogP contribution in [0, 0.1) is 0 Å². The Morgan fingerprint density at radius 1 is 0.784 bits per heavy atom. The summed E-state index contributed by atoms with van der Waals surface area (Å²) in [7, 11) is 1.70. The maximum absolute atomic E-state index is 10.6. The van der Waals surface area contributed by atoms with E-state index in [0.29, 0.717) is 13.2 Å². The Balaban J connectivity index is 0.00000241. The first-order chi connectivity index (χ1) is 17.2. The summed E-state index contributed by atoms with van der Waals surface area (Å²) < 4.78 is 11.3. The number of aliphatic hydroxyl groups is 1. The fourth-order valence-corrected chi connectivity index (χ4v) is 4.65. The van der Waals surface area contributed by atoms with Gasteiger partial charge in [-0.3, -0.25) is 4.90 Å². The van der Waals surface area contributed by atoms with Crippen LogP contribution in [0.3, 0.4) is 0 Å². The number of rotatable bonds is 12. The number of benzene rings is 3. The fraction of sp³-hybridized carbons (Fsp3) is 0.400. The van der Waals surface area contributed by atoms with Gasteiger partial charge in [-0.25, -0.2) is 0 Å². The van der Waals surface area contributed by atoms with Crippen LogP contribution in [0.2, 0.25) is 0 Å². The van der Waals surface area contributed by atoms with Crippen molar-refractivity contribution in [3.8, 4) is 11.5 Å². The summed E-state index contributed by atoms with van der Waals surface area (Å²) in [6, 6.07) is 27.1. The second-order valence-corrected chi connectivity index (χ2v) is 9.25. The number of hydrogen-bond donors (Lipinski definition) is 1. The molecule has 1 heterocycles. The molecule has 0 bridgehead atoms. The zero-order valence-corrected chi connectivity index (χ0v) is 23.3. The van der Waals surface area contributed by atoms with E-state index in [9.17, 15) is 5.11 Å². The van der Waals surface area contributed by atoms with Crippen LogP contribution in [0.1, 0.15) is 24.0 Å². The minimum absolute atomic E-state index is 0. The second kappa shape index (κ2) is 16.4. The molecule has 1 aliphatic rings. The van der Waals surface area contributed by atoms with E-state index in [0.717, 1.165) is 63.4 Å². The van der Waals surface area contributed by atoms with Crippen molar-refractivity contribution < 1.29 is 14.6 Å². The predicted molar refractivity (Wildman–Crippen MR) is 157 cm³/mol. The van der Waals surface area contributed by atoms with Gasteiger partial charge in [0, 0.05) is 38.4 Å². The Labute approximate surface area is 234 Å². The van der Waals surface area contributed by atoms with E-state index in [1.807, 2.05) is 24.3 Å². The van der Waals surface area contributed by atoms with E-state index < -0.39 is 6.10 Å². The Hall–Kier alpha value is -2.44. The number of unbranched alkanes of at least 4 members (excludes halogenated alkanes) is 1. The number of β-amino-alcohol motifs (C(OH)–C–C–N with tert-alkyl or cyclic N) is 1. The van der Waals surface area contributed by atoms with E-state index in [1.165, 1.54) is 16.8 Å². The third-order valence-corrected chi connectivity index (χ3v) is 6.69. The largest absolute Gasteiger partial charge is 0.497 e. The Kier molecular flexibility index (Phi) is 13.7. The third-order valence-electron chi connectivity index (χ3n) is 6.69. The van der Waals surface area contributed by atoms with Crippen LogP contribution in [0.4, 0.5) is 5.69 Å². The first-order valence-electron chi connectivity index (χ1n) is 12.8. The highest BCUT2D eigenvalue weighted by Gasteiger charge is 2.20. The van der Waals surface area contributed by atoms with Crippen LogP contribution in [0.15, 0.2) is 78.9 Å². The van der Waals surface area contributed by atoms with E-state index in [-0.39, 0.29) is 24.8 Å². The molecule has 1 fully saturated rings. The van der Waals surface area contributed by atoms with Crippen molar-refractivity contribution in [1.29, 1.82) is 0 Å². The minimum atomic E-state index is -0.499. The number of piperazine rings is 1. The lowest BCUT2D eigenvalue weighted by molar-refractivity contribution is 0.0660. The van der Waals surface area contributed by atoms with Crippen LogP contribution >= 0.6 is 24.8 Å². The lowest BCUT2D eigenvalue weighted by atomic mass is 10.0. The van der Waals surface area contributed by atoms with Crippen molar-refractivity contribution in [2.45, 2.75) is 31.8 Å². The molecule has 7 heteroatoms. The lowest BCUT2D eigenvalue weighted by Crippen LogP contribution is -2.49. The number of hydrogen-bond acceptors (Lipinski definition) is 5. The first kappa shape index (κ1) is 30.8. The molecule has 0 radical (unpaired) electrons. The van der Waals surface area contributed by atoms with Gasteiger partial charge in [0.05, 0.1) is 7.11 Å². The van der Waals surface area contributed by atoms with Gasteiger partial charge < -0.3 is 19.5 Å². The van der Waals surface area contributed by atoms with Gasteiger partial charge in [0.15, 0.2) is 0 Å². The molecular weight excluding hydrogens is 507 g/mol. The summed E-state index contributed by atoms with van der Waals surface area (Å²) in [4.78, 5) is 4.74. The molecule has 0 spiro atoms. The highest BCUT2D eigenvalue weighted by Crippen LogP contribution is 2.22. The second-order valence-electron chi connectivity index (χ2n) is 9.25. The number of halogens is 2. The van der Waals surface area contributed by atoms with Crippen molar-refractivity contribution in [3.63, 3.8) is 0 Å². The fourth-order valence-electron chi connectivity index (χ4n) is 4.65. The molecule has 0 aromatic heterocycles. The number of methoxy groups -OCH3 is 1. The average Bonchev–Trinajstić information content (AvgIpc) is 2.92. The number of para-hydroxylation sites is 2. The molecule has 0 aliphatic carbocycles. The zero-order chi connectivity index (χ0) is 24.3. The van der Waals surface area contributed by atoms with Gasteiger partial charge in [-0.05, 0) is 67.1 Å². The van der Waals surface area contributed by atoms with Gasteiger partial charge in [0.1, 0.15) is 24.2 Å². The Bertz CT molecular complexity index is 1010. The maximum atomic E-state index is 10.6. The van der Waals surface area contributed by atoms with Crippen LogP contribution < -0.4 is 14.4 Å². The summed E-state index contributed by atoms with van der Waals surface area (Å²) in [5, 5.41) is 10.6. The molecule has 1 N–H and O–H groups in total. The molecule has 1 atom stereocenters. The highest BCUT2D eigenvalue weighted by atomic mass is 35.5. The van der Waals surface area contributed by atoms with E-state index in [2.05, 4.69) is 64.4 Å². The zero-order valence-electron chi connectivity index (χ0n) is 21.6.